The van der Waals surface area contributed by atoms with E-state index in [0.29, 0.717) is 30.6 Å². The number of aromatic amines is 1. The fraction of sp³-hybridized carbons (Fsp3) is 0.333. The molecular formula is C33H39N7O2. The minimum Gasteiger partial charge on any atom is -0.340 e. The fourth-order valence-corrected chi connectivity index (χ4v) is 4.94. The third kappa shape index (κ3) is 6.42. The summed E-state index contributed by atoms with van der Waals surface area (Å²) in [4.78, 5) is 46.4. The van der Waals surface area contributed by atoms with E-state index < -0.39 is 0 Å². The third-order valence-electron chi connectivity index (χ3n) is 7.62. The molecule has 42 heavy (non-hydrogen) atoms. The van der Waals surface area contributed by atoms with Gasteiger partial charge < -0.3 is 24.6 Å². The molecule has 0 bridgehead atoms. The van der Waals surface area contributed by atoms with Gasteiger partial charge in [-0.05, 0) is 75.7 Å². The van der Waals surface area contributed by atoms with Crippen molar-refractivity contribution >= 4 is 34.2 Å². The predicted molar refractivity (Wildman–Crippen MR) is 169 cm³/mol. The third-order valence-corrected chi connectivity index (χ3v) is 7.62. The Morgan fingerprint density at radius 3 is 1.90 bits per heavy atom. The number of amides is 2. The van der Waals surface area contributed by atoms with Crippen LogP contribution in [0.4, 0.5) is 5.69 Å². The van der Waals surface area contributed by atoms with Crippen molar-refractivity contribution < 1.29 is 9.59 Å². The lowest BCUT2D eigenvalue weighted by molar-refractivity contribution is 0.0779. The topological polar surface area (TPSA) is 88.1 Å². The van der Waals surface area contributed by atoms with E-state index in [2.05, 4.69) is 26.9 Å². The highest BCUT2D eigenvalue weighted by Crippen LogP contribution is 2.31. The van der Waals surface area contributed by atoms with Crippen LogP contribution in [-0.4, -0.2) is 116 Å². The second kappa shape index (κ2) is 12.3. The van der Waals surface area contributed by atoms with Crippen LogP contribution in [-0.2, 0) is 6.42 Å². The monoisotopic (exact) mass is 565 g/mol. The molecule has 1 N–H and O–H groups in total. The standard InChI is InChI=1S/C33H39N7O2/c1-37(2)15-17-39(5)32(41)24-11-13-27-26(19-24)21-29(34-27)22-7-9-23(10-8-22)31-35-28-14-12-25(20-30(28)36-31)33(42)40(6)18-16-38(3)4/h7-14,19-20H,15-18,21H2,1-6H3,(H,35,36). The second-order valence-electron chi connectivity index (χ2n) is 11.5. The Balaban J connectivity index is 1.27. The molecule has 3 aromatic carbocycles. The minimum atomic E-state index is -0.00887. The predicted octanol–water partition coefficient (Wildman–Crippen LogP) is 4.17. The summed E-state index contributed by atoms with van der Waals surface area (Å²) in [6.45, 7) is 2.97. The zero-order chi connectivity index (χ0) is 30.0. The molecule has 0 saturated heterocycles. The summed E-state index contributed by atoms with van der Waals surface area (Å²) in [5.41, 5.74) is 7.92. The quantitative estimate of drug-likeness (QED) is 0.312. The zero-order valence-corrected chi connectivity index (χ0v) is 25.3. The van der Waals surface area contributed by atoms with Gasteiger partial charge in [-0.1, -0.05) is 24.3 Å². The fourth-order valence-electron chi connectivity index (χ4n) is 4.94. The number of carbonyl (C=O) groups excluding carboxylic acids is 2. The van der Waals surface area contributed by atoms with E-state index in [4.69, 9.17) is 9.98 Å². The van der Waals surface area contributed by atoms with Gasteiger partial charge in [0, 0.05) is 63.4 Å². The maximum absolute atomic E-state index is 12.9. The smallest absolute Gasteiger partial charge is 0.253 e. The summed E-state index contributed by atoms with van der Waals surface area (Å²) >= 11 is 0. The summed E-state index contributed by atoms with van der Waals surface area (Å²) in [6, 6.07) is 19.6. The summed E-state index contributed by atoms with van der Waals surface area (Å²) in [5, 5.41) is 0. The Morgan fingerprint density at radius 1 is 0.714 bits per heavy atom. The van der Waals surface area contributed by atoms with Gasteiger partial charge >= 0.3 is 0 Å². The highest BCUT2D eigenvalue weighted by atomic mass is 16.2. The molecule has 0 aliphatic carbocycles. The van der Waals surface area contributed by atoms with Gasteiger partial charge in [0.2, 0.25) is 0 Å². The van der Waals surface area contributed by atoms with E-state index in [0.717, 1.165) is 58.0 Å². The van der Waals surface area contributed by atoms with Crippen LogP contribution in [0, 0.1) is 0 Å². The van der Waals surface area contributed by atoms with E-state index in [1.54, 1.807) is 9.80 Å². The Morgan fingerprint density at radius 2 is 1.29 bits per heavy atom. The van der Waals surface area contributed by atoms with Gasteiger partial charge in [-0.3, -0.25) is 14.6 Å². The largest absolute Gasteiger partial charge is 0.340 e. The summed E-state index contributed by atoms with van der Waals surface area (Å²) in [6.07, 6.45) is 0.682. The van der Waals surface area contributed by atoms with Gasteiger partial charge in [0.15, 0.2) is 0 Å². The van der Waals surface area contributed by atoms with Crippen molar-refractivity contribution in [3.05, 3.63) is 82.9 Å². The summed E-state index contributed by atoms with van der Waals surface area (Å²) < 4.78 is 0. The van der Waals surface area contributed by atoms with E-state index in [1.165, 1.54) is 0 Å². The van der Waals surface area contributed by atoms with E-state index in [9.17, 15) is 9.59 Å². The average molecular weight is 566 g/mol. The van der Waals surface area contributed by atoms with Crippen molar-refractivity contribution in [2.24, 2.45) is 4.99 Å². The number of hydrogen-bond acceptors (Lipinski definition) is 6. The molecule has 0 atom stereocenters. The van der Waals surface area contributed by atoms with E-state index in [-0.39, 0.29) is 11.8 Å². The lowest BCUT2D eigenvalue weighted by Gasteiger charge is -2.20. The maximum Gasteiger partial charge on any atom is 0.253 e. The lowest BCUT2D eigenvalue weighted by atomic mass is 10.0. The number of rotatable bonds is 10. The first-order chi connectivity index (χ1) is 20.1. The molecule has 0 spiro atoms. The Hall–Kier alpha value is -4.34. The van der Waals surface area contributed by atoms with Crippen LogP contribution < -0.4 is 0 Å². The van der Waals surface area contributed by atoms with Crippen molar-refractivity contribution in [3.63, 3.8) is 0 Å². The molecule has 0 unspecified atom stereocenters. The number of aliphatic imine (C=N–C) groups is 1. The highest BCUT2D eigenvalue weighted by Gasteiger charge is 2.20. The molecule has 1 aliphatic rings. The van der Waals surface area contributed by atoms with Gasteiger partial charge in [0.25, 0.3) is 11.8 Å². The van der Waals surface area contributed by atoms with Crippen LogP contribution in [0.3, 0.4) is 0 Å². The van der Waals surface area contributed by atoms with Gasteiger partial charge in [-0.2, -0.15) is 0 Å². The van der Waals surface area contributed by atoms with E-state index in [1.807, 2.05) is 90.8 Å². The highest BCUT2D eigenvalue weighted by molar-refractivity contribution is 6.07. The second-order valence-corrected chi connectivity index (χ2v) is 11.5. The van der Waals surface area contributed by atoms with Crippen LogP contribution in [0.15, 0.2) is 65.7 Å². The van der Waals surface area contributed by atoms with Crippen molar-refractivity contribution in [2.75, 3.05) is 68.5 Å². The first-order valence-electron chi connectivity index (χ1n) is 14.2. The number of aromatic nitrogens is 2. The molecule has 1 aliphatic heterocycles. The average Bonchev–Trinajstić information content (AvgIpc) is 3.61. The number of benzene rings is 3. The lowest BCUT2D eigenvalue weighted by Crippen LogP contribution is -2.33. The number of H-pyrrole nitrogens is 1. The SMILES string of the molecule is CN(C)CCN(C)C(=O)c1ccc2c(c1)CC(c1ccc(-c3nc4ccc(C(=O)N(C)CCN(C)C)cc4[nH]3)cc1)=N2. The maximum atomic E-state index is 12.9. The molecular weight excluding hydrogens is 526 g/mol. The van der Waals surface area contributed by atoms with Gasteiger partial charge in [0.1, 0.15) is 5.82 Å². The zero-order valence-electron chi connectivity index (χ0n) is 25.3. The van der Waals surface area contributed by atoms with Crippen LogP contribution in [0.2, 0.25) is 0 Å². The van der Waals surface area contributed by atoms with Gasteiger partial charge in [-0.15, -0.1) is 0 Å². The molecule has 2 amide bonds. The van der Waals surface area contributed by atoms with E-state index >= 15 is 0 Å². The van der Waals surface area contributed by atoms with Crippen LogP contribution in [0.5, 0.6) is 0 Å². The Kier molecular flexibility index (Phi) is 8.51. The van der Waals surface area contributed by atoms with Crippen molar-refractivity contribution in [1.82, 2.24) is 29.6 Å². The number of nitrogens with zero attached hydrogens (tertiary/aromatic N) is 6. The molecule has 1 aromatic heterocycles. The Bertz CT molecular complexity index is 1640. The molecule has 0 fully saturated rings. The number of fused-ring (bicyclic) bond motifs is 2. The molecule has 0 saturated carbocycles. The summed E-state index contributed by atoms with van der Waals surface area (Å²) in [7, 11) is 11.7. The number of hydrogen-bond donors (Lipinski definition) is 1. The number of likely N-dealkylation sites (N-methyl/N-ethyl adjacent to an activating group) is 4. The molecule has 9 nitrogen and oxygen atoms in total. The van der Waals surface area contributed by atoms with Gasteiger partial charge in [-0.25, -0.2) is 4.98 Å². The molecule has 2 heterocycles. The van der Waals surface area contributed by atoms with Crippen molar-refractivity contribution in [2.45, 2.75) is 6.42 Å². The molecule has 5 rings (SSSR count). The molecule has 4 aromatic rings. The first kappa shape index (κ1) is 29.2. The van der Waals surface area contributed by atoms with Crippen LogP contribution in [0.25, 0.3) is 22.4 Å². The molecule has 218 valence electrons. The first-order valence-corrected chi connectivity index (χ1v) is 14.2. The normalized spacial score (nSPS) is 12.6. The Labute approximate surface area is 247 Å². The van der Waals surface area contributed by atoms with Crippen LogP contribution >= 0.6 is 0 Å². The molecule has 0 radical (unpaired) electrons. The van der Waals surface area contributed by atoms with Crippen LogP contribution in [0.1, 0.15) is 31.8 Å². The number of imidazole rings is 1. The van der Waals surface area contributed by atoms with Crippen molar-refractivity contribution in [3.8, 4) is 11.4 Å². The number of carbonyl (C=O) groups is 2. The minimum absolute atomic E-state index is 0.00887. The molecule has 9 heteroatoms. The van der Waals surface area contributed by atoms with Crippen molar-refractivity contribution in [1.29, 1.82) is 0 Å². The summed E-state index contributed by atoms with van der Waals surface area (Å²) in [5.74, 6) is 0.766. The number of nitrogens with one attached hydrogen (secondary N) is 1. The van der Waals surface area contributed by atoms with Gasteiger partial charge in [0.05, 0.1) is 22.4 Å².